The van der Waals surface area contributed by atoms with Gasteiger partial charge < -0.3 is 10.2 Å². The number of nitrogens with one attached hydrogen (secondary N) is 1. The van der Waals surface area contributed by atoms with Crippen LogP contribution in [0.4, 0.5) is 5.69 Å². The van der Waals surface area contributed by atoms with Crippen LogP contribution in [-0.2, 0) is 21.2 Å². The Hall–Kier alpha value is -2.67. The van der Waals surface area contributed by atoms with Crippen molar-refractivity contribution in [1.29, 1.82) is 0 Å². The fraction of sp³-hybridized carbons (Fsp3) is 0.263. The van der Waals surface area contributed by atoms with Gasteiger partial charge in [0.25, 0.3) is 5.91 Å². The summed E-state index contributed by atoms with van der Waals surface area (Å²) in [4.78, 5) is 27.0. The summed E-state index contributed by atoms with van der Waals surface area (Å²) in [5.74, 6) is -0.802. The van der Waals surface area contributed by atoms with E-state index in [0.717, 1.165) is 11.8 Å². The molecule has 0 bridgehead atoms. The molecule has 1 atom stereocenters. The van der Waals surface area contributed by atoms with Crippen molar-refractivity contribution in [2.24, 2.45) is 0 Å². The summed E-state index contributed by atoms with van der Waals surface area (Å²) in [6.45, 7) is 0.297. The lowest BCUT2D eigenvalue weighted by molar-refractivity contribution is -0.120. The summed E-state index contributed by atoms with van der Waals surface area (Å²) >= 11 is 0. The van der Waals surface area contributed by atoms with Crippen molar-refractivity contribution in [2.75, 3.05) is 17.3 Å². The number of carbonyl (C=O) groups is 2. The van der Waals surface area contributed by atoms with Gasteiger partial charge in [-0.05, 0) is 30.2 Å². The van der Waals surface area contributed by atoms with Crippen molar-refractivity contribution in [1.82, 2.24) is 4.90 Å². The Morgan fingerprint density at radius 2 is 1.77 bits per heavy atom. The fourth-order valence-corrected chi connectivity index (χ4v) is 3.68. The molecule has 2 aromatic carbocycles. The van der Waals surface area contributed by atoms with Crippen LogP contribution in [0.15, 0.2) is 54.6 Å². The predicted molar refractivity (Wildman–Crippen MR) is 99.5 cm³/mol. The molecule has 0 saturated heterocycles. The zero-order valence-corrected chi connectivity index (χ0v) is 15.2. The van der Waals surface area contributed by atoms with Gasteiger partial charge in [0.2, 0.25) is 5.91 Å². The average Bonchev–Trinajstić information content (AvgIpc) is 2.92. The van der Waals surface area contributed by atoms with Gasteiger partial charge in [-0.2, -0.15) is 0 Å². The Labute approximate surface area is 152 Å². The van der Waals surface area contributed by atoms with E-state index >= 15 is 0 Å². The topological polar surface area (TPSA) is 83.6 Å². The van der Waals surface area contributed by atoms with Crippen molar-refractivity contribution < 1.29 is 18.0 Å². The zero-order chi connectivity index (χ0) is 18.7. The van der Waals surface area contributed by atoms with Crippen LogP contribution in [0.2, 0.25) is 0 Å². The van der Waals surface area contributed by atoms with E-state index in [0.29, 0.717) is 17.8 Å². The molecule has 0 aliphatic carbocycles. The molecule has 26 heavy (non-hydrogen) atoms. The first-order valence-electron chi connectivity index (χ1n) is 8.28. The van der Waals surface area contributed by atoms with E-state index < -0.39 is 15.9 Å². The van der Waals surface area contributed by atoms with Crippen LogP contribution < -0.4 is 5.32 Å². The number of anilines is 1. The molecule has 1 aliphatic rings. The lowest BCUT2D eigenvalue weighted by Crippen LogP contribution is -2.45. The highest BCUT2D eigenvalue weighted by Crippen LogP contribution is 2.26. The van der Waals surface area contributed by atoms with E-state index in [1.807, 2.05) is 18.2 Å². The third kappa shape index (κ3) is 4.11. The second-order valence-electron chi connectivity index (χ2n) is 6.38. The van der Waals surface area contributed by atoms with Crippen LogP contribution in [0.5, 0.6) is 0 Å². The number of amides is 2. The minimum Gasteiger partial charge on any atom is -0.324 e. The monoisotopic (exact) mass is 372 g/mol. The van der Waals surface area contributed by atoms with E-state index in [9.17, 15) is 18.0 Å². The highest BCUT2D eigenvalue weighted by atomic mass is 32.2. The number of hydrogen-bond acceptors (Lipinski definition) is 4. The van der Waals surface area contributed by atoms with Gasteiger partial charge in [0.05, 0.1) is 5.75 Å². The van der Waals surface area contributed by atoms with E-state index in [1.54, 1.807) is 36.4 Å². The normalized spacial score (nSPS) is 14.8. The molecular formula is C19H20N2O4S. The van der Waals surface area contributed by atoms with E-state index in [2.05, 4.69) is 5.32 Å². The van der Waals surface area contributed by atoms with Gasteiger partial charge in [-0.1, -0.05) is 36.4 Å². The van der Waals surface area contributed by atoms with Gasteiger partial charge >= 0.3 is 0 Å². The number of rotatable bonds is 6. The van der Waals surface area contributed by atoms with Crippen molar-refractivity contribution >= 4 is 27.3 Å². The lowest BCUT2D eigenvalue weighted by Gasteiger charge is -2.26. The fourth-order valence-electron chi connectivity index (χ4n) is 3.03. The second kappa shape index (κ2) is 7.29. The molecule has 0 spiro atoms. The molecule has 7 heteroatoms. The summed E-state index contributed by atoms with van der Waals surface area (Å²) in [6.07, 6.45) is 1.18. The van der Waals surface area contributed by atoms with Gasteiger partial charge in [0.1, 0.15) is 15.9 Å². The number of nitrogens with zero attached hydrogens (tertiary/aromatic N) is 1. The molecular weight excluding hydrogens is 352 g/mol. The first-order chi connectivity index (χ1) is 12.3. The number of benzene rings is 2. The van der Waals surface area contributed by atoms with Gasteiger partial charge in [0.15, 0.2) is 0 Å². The van der Waals surface area contributed by atoms with Crippen LogP contribution in [0, 0.1) is 0 Å². The van der Waals surface area contributed by atoms with Crippen LogP contribution in [0.3, 0.4) is 0 Å². The molecule has 6 nitrogen and oxygen atoms in total. The van der Waals surface area contributed by atoms with Crippen LogP contribution >= 0.6 is 0 Å². The molecule has 1 aliphatic heterocycles. The Bertz CT molecular complexity index is 926. The van der Waals surface area contributed by atoms with Gasteiger partial charge in [0, 0.05) is 24.1 Å². The number of fused-ring (bicyclic) bond motifs is 1. The SMILES string of the molecule is CS(=O)(=O)CC[C@H](C(=O)Nc1ccccc1)N1Cc2ccccc2C1=O. The molecule has 2 amide bonds. The summed E-state index contributed by atoms with van der Waals surface area (Å²) in [5.41, 5.74) is 2.00. The summed E-state index contributed by atoms with van der Waals surface area (Å²) in [6, 6.07) is 15.2. The molecule has 0 aromatic heterocycles. The minimum absolute atomic E-state index is 0.0528. The number of para-hydroxylation sites is 1. The molecule has 1 N–H and O–H groups in total. The standard InChI is InChI=1S/C19H20N2O4S/c1-26(24,25)12-11-17(18(22)20-15-8-3-2-4-9-15)21-13-14-7-5-6-10-16(14)19(21)23/h2-10,17H,11-13H2,1H3,(H,20,22)/t17-/m1/s1. The van der Waals surface area contributed by atoms with E-state index in [4.69, 9.17) is 0 Å². The Morgan fingerprint density at radius 1 is 1.12 bits per heavy atom. The second-order valence-corrected chi connectivity index (χ2v) is 8.64. The molecule has 3 rings (SSSR count). The number of sulfone groups is 1. The maximum Gasteiger partial charge on any atom is 0.255 e. The molecule has 2 aromatic rings. The average molecular weight is 372 g/mol. The first kappa shape index (κ1) is 18.1. The molecule has 0 radical (unpaired) electrons. The van der Waals surface area contributed by atoms with Crippen LogP contribution in [0.1, 0.15) is 22.3 Å². The Morgan fingerprint density at radius 3 is 2.42 bits per heavy atom. The Kier molecular flexibility index (Phi) is 5.08. The van der Waals surface area contributed by atoms with E-state index in [-0.39, 0.29) is 24.0 Å². The lowest BCUT2D eigenvalue weighted by atomic mass is 10.1. The summed E-state index contributed by atoms with van der Waals surface area (Å²) in [7, 11) is -3.26. The maximum atomic E-state index is 12.8. The number of carbonyl (C=O) groups excluding carboxylic acids is 2. The van der Waals surface area contributed by atoms with Crippen LogP contribution in [0.25, 0.3) is 0 Å². The highest BCUT2D eigenvalue weighted by molar-refractivity contribution is 7.90. The summed E-state index contributed by atoms with van der Waals surface area (Å²) in [5, 5.41) is 2.77. The smallest absolute Gasteiger partial charge is 0.255 e. The molecule has 0 unspecified atom stereocenters. The zero-order valence-electron chi connectivity index (χ0n) is 14.4. The van der Waals surface area contributed by atoms with Crippen molar-refractivity contribution in [2.45, 2.75) is 19.0 Å². The quantitative estimate of drug-likeness (QED) is 0.842. The highest BCUT2D eigenvalue weighted by Gasteiger charge is 2.36. The molecule has 1 heterocycles. The first-order valence-corrected chi connectivity index (χ1v) is 10.3. The largest absolute Gasteiger partial charge is 0.324 e. The minimum atomic E-state index is -3.26. The third-order valence-corrected chi connectivity index (χ3v) is 5.31. The third-order valence-electron chi connectivity index (χ3n) is 4.33. The van der Waals surface area contributed by atoms with Gasteiger partial charge in [-0.15, -0.1) is 0 Å². The Balaban J connectivity index is 1.84. The molecule has 0 fully saturated rings. The maximum absolute atomic E-state index is 12.8. The van der Waals surface area contributed by atoms with Crippen molar-refractivity contribution in [3.05, 3.63) is 65.7 Å². The molecule has 136 valence electrons. The van der Waals surface area contributed by atoms with Gasteiger partial charge in [-0.25, -0.2) is 8.42 Å². The van der Waals surface area contributed by atoms with Gasteiger partial charge in [-0.3, -0.25) is 9.59 Å². The van der Waals surface area contributed by atoms with Crippen molar-refractivity contribution in [3.63, 3.8) is 0 Å². The molecule has 0 saturated carbocycles. The van der Waals surface area contributed by atoms with Crippen molar-refractivity contribution in [3.8, 4) is 0 Å². The number of hydrogen-bond donors (Lipinski definition) is 1. The van der Waals surface area contributed by atoms with E-state index in [1.165, 1.54) is 4.90 Å². The van der Waals surface area contributed by atoms with Crippen LogP contribution in [-0.4, -0.2) is 43.2 Å². The predicted octanol–water partition coefficient (Wildman–Crippen LogP) is 2.08. The summed E-state index contributed by atoms with van der Waals surface area (Å²) < 4.78 is 23.2.